The lowest BCUT2D eigenvalue weighted by molar-refractivity contribution is 0.0760. The van der Waals surface area contributed by atoms with Crippen LogP contribution in [-0.2, 0) is 0 Å². The maximum Gasteiger partial charge on any atom is 0.253 e. The molecular weight excluding hydrogens is 383 g/mol. The van der Waals surface area contributed by atoms with Gasteiger partial charge in [0.2, 0.25) is 0 Å². The first-order valence-corrected chi connectivity index (χ1v) is 9.94. The molecule has 0 saturated carbocycles. The molecule has 1 heterocycles. The minimum Gasteiger partial charge on any atom is -0.491 e. The van der Waals surface area contributed by atoms with Crippen molar-refractivity contribution < 1.29 is 9.53 Å². The Morgan fingerprint density at radius 3 is 2.74 bits per heavy atom. The zero-order chi connectivity index (χ0) is 19.2. The van der Waals surface area contributed by atoms with Gasteiger partial charge in [0.15, 0.2) is 0 Å². The number of carbonyl (C=O) groups is 1. The Hall–Kier alpha value is -1.75. The molecule has 4 nitrogen and oxygen atoms in total. The molecular formula is C21H24Cl2N2O2. The molecule has 1 saturated heterocycles. The molecule has 1 amide bonds. The van der Waals surface area contributed by atoms with Gasteiger partial charge < -0.3 is 9.64 Å². The van der Waals surface area contributed by atoms with Crippen LogP contribution in [0.5, 0.6) is 5.75 Å². The molecule has 6 heteroatoms. The van der Waals surface area contributed by atoms with Crippen LogP contribution in [0, 0.1) is 6.92 Å². The summed E-state index contributed by atoms with van der Waals surface area (Å²) in [4.78, 5) is 17.0. The number of benzene rings is 2. The number of hydrogen-bond donors (Lipinski definition) is 0. The summed E-state index contributed by atoms with van der Waals surface area (Å²) in [5.41, 5.74) is 1.87. The van der Waals surface area contributed by atoms with Gasteiger partial charge in [0, 0.05) is 49.4 Å². The van der Waals surface area contributed by atoms with Gasteiger partial charge in [-0.2, -0.15) is 0 Å². The largest absolute Gasteiger partial charge is 0.491 e. The monoisotopic (exact) mass is 406 g/mol. The van der Waals surface area contributed by atoms with Crippen molar-refractivity contribution in [2.45, 2.75) is 13.3 Å². The summed E-state index contributed by atoms with van der Waals surface area (Å²) < 4.78 is 5.78. The molecule has 144 valence electrons. The predicted molar refractivity (Wildman–Crippen MR) is 110 cm³/mol. The lowest BCUT2D eigenvalue weighted by Crippen LogP contribution is -2.36. The van der Waals surface area contributed by atoms with Crippen LogP contribution in [0.15, 0.2) is 42.5 Å². The van der Waals surface area contributed by atoms with E-state index in [9.17, 15) is 4.79 Å². The highest BCUT2D eigenvalue weighted by Gasteiger charge is 2.20. The highest BCUT2D eigenvalue weighted by molar-refractivity contribution is 6.34. The SMILES string of the molecule is Cc1cccc(C(=O)N2CCCN(CCOc3cc(Cl)ccc3Cl)CC2)c1. The van der Waals surface area contributed by atoms with Gasteiger partial charge in [0.05, 0.1) is 5.02 Å². The summed E-state index contributed by atoms with van der Waals surface area (Å²) >= 11 is 12.1. The van der Waals surface area contributed by atoms with Gasteiger partial charge in [-0.05, 0) is 37.6 Å². The van der Waals surface area contributed by atoms with Crippen molar-refractivity contribution in [3.8, 4) is 5.75 Å². The summed E-state index contributed by atoms with van der Waals surface area (Å²) in [6.07, 6.45) is 0.954. The van der Waals surface area contributed by atoms with Gasteiger partial charge in [-0.15, -0.1) is 0 Å². The van der Waals surface area contributed by atoms with Crippen molar-refractivity contribution in [3.63, 3.8) is 0 Å². The maximum atomic E-state index is 12.7. The van der Waals surface area contributed by atoms with Crippen LogP contribution < -0.4 is 4.74 Å². The Bertz CT molecular complexity index is 798. The number of carbonyl (C=O) groups excluding carboxylic acids is 1. The highest BCUT2D eigenvalue weighted by Crippen LogP contribution is 2.27. The minimum atomic E-state index is 0.113. The molecule has 0 atom stereocenters. The van der Waals surface area contributed by atoms with Gasteiger partial charge in [-0.25, -0.2) is 0 Å². The number of amides is 1. The fourth-order valence-corrected chi connectivity index (χ4v) is 3.56. The number of halogens is 2. The predicted octanol–water partition coefficient (Wildman–Crippen LogP) is 4.53. The van der Waals surface area contributed by atoms with Crippen molar-refractivity contribution in [2.24, 2.45) is 0 Å². The molecule has 2 aromatic carbocycles. The molecule has 3 rings (SSSR count). The lowest BCUT2D eigenvalue weighted by Gasteiger charge is -2.22. The molecule has 2 aromatic rings. The molecule has 0 bridgehead atoms. The van der Waals surface area contributed by atoms with E-state index in [1.807, 2.05) is 36.1 Å². The summed E-state index contributed by atoms with van der Waals surface area (Å²) in [6.45, 7) is 6.62. The second kappa shape index (κ2) is 9.45. The van der Waals surface area contributed by atoms with Crippen LogP contribution in [0.25, 0.3) is 0 Å². The third-order valence-corrected chi connectivity index (χ3v) is 5.25. The molecule has 1 fully saturated rings. The smallest absolute Gasteiger partial charge is 0.253 e. The van der Waals surface area contributed by atoms with E-state index in [0.29, 0.717) is 22.4 Å². The molecule has 0 unspecified atom stereocenters. The van der Waals surface area contributed by atoms with E-state index in [1.54, 1.807) is 18.2 Å². The topological polar surface area (TPSA) is 32.8 Å². The fourth-order valence-electron chi connectivity index (χ4n) is 3.23. The fraction of sp³-hybridized carbons (Fsp3) is 0.381. The van der Waals surface area contributed by atoms with Crippen LogP contribution >= 0.6 is 23.2 Å². The van der Waals surface area contributed by atoms with Crippen molar-refractivity contribution in [2.75, 3.05) is 39.3 Å². The van der Waals surface area contributed by atoms with Crippen LogP contribution in [0.3, 0.4) is 0 Å². The maximum absolute atomic E-state index is 12.7. The molecule has 1 aliphatic heterocycles. The van der Waals surface area contributed by atoms with Crippen LogP contribution in [0.2, 0.25) is 10.0 Å². The zero-order valence-electron chi connectivity index (χ0n) is 15.5. The number of ether oxygens (including phenoxy) is 1. The normalized spacial score (nSPS) is 15.4. The van der Waals surface area contributed by atoms with Crippen LogP contribution in [0.4, 0.5) is 0 Å². The van der Waals surface area contributed by atoms with Crippen LogP contribution in [-0.4, -0.2) is 55.0 Å². The second-order valence-corrected chi connectivity index (χ2v) is 7.62. The molecule has 1 aliphatic rings. The van der Waals surface area contributed by atoms with Gasteiger partial charge in [-0.1, -0.05) is 40.9 Å². The minimum absolute atomic E-state index is 0.113. The molecule has 0 radical (unpaired) electrons. The Morgan fingerprint density at radius 2 is 1.93 bits per heavy atom. The molecule has 27 heavy (non-hydrogen) atoms. The van der Waals surface area contributed by atoms with E-state index < -0.39 is 0 Å². The molecule has 0 aromatic heterocycles. The first-order valence-electron chi connectivity index (χ1n) is 9.19. The lowest BCUT2D eigenvalue weighted by atomic mass is 10.1. The Balaban J connectivity index is 1.49. The molecule has 0 aliphatic carbocycles. The Kier molecular flexibility index (Phi) is 7.00. The highest BCUT2D eigenvalue weighted by atomic mass is 35.5. The van der Waals surface area contributed by atoms with Gasteiger partial charge in [0.1, 0.15) is 12.4 Å². The van der Waals surface area contributed by atoms with Crippen molar-refractivity contribution in [1.82, 2.24) is 9.80 Å². The van der Waals surface area contributed by atoms with Gasteiger partial charge in [-0.3, -0.25) is 9.69 Å². The van der Waals surface area contributed by atoms with Crippen molar-refractivity contribution in [3.05, 3.63) is 63.6 Å². The van der Waals surface area contributed by atoms with E-state index in [0.717, 1.165) is 50.3 Å². The van der Waals surface area contributed by atoms with Gasteiger partial charge in [0.25, 0.3) is 5.91 Å². The van der Waals surface area contributed by atoms with E-state index in [4.69, 9.17) is 27.9 Å². The molecule has 0 N–H and O–H groups in total. The second-order valence-electron chi connectivity index (χ2n) is 6.78. The first kappa shape index (κ1) is 20.0. The number of hydrogen-bond acceptors (Lipinski definition) is 3. The van der Waals surface area contributed by atoms with Crippen molar-refractivity contribution >= 4 is 29.1 Å². The van der Waals surface area contributed by atoms with E-state index in [1.165, 1.54) is 0 Å². The summed E-state index contributed by atoms with van der Waals surface area (Å²) in [5, 5.41) is 1.17. The van der Waals surface area contributed by atoms with Crippen molar-refractivity contribution in [1.29, 1.82) is 0 Å². The number of rotatable bonds is 5. The summed E-state index contributed by atoms with van der Waals surface area (Å²) in [5.74, 6) is 0.720. The van der Waals surface area contributed by atoms with Gasteiger partial charge >= 0.3 is 0 Å². The third-order valence-electron chi connectivity index (χ3n) is 4.70. The van der Waals surface area contributed by atoms with E-state index in [-0.39, 0.29) is 5.91 Å². The Labute approximate surface area is 170 Å². The number of aryl methyl sites for hydroxylation is 1. The van der Waals surface area contributed by atoms with E-state index >= 15 is 0 Å². The van der Waals surface area contributed by atoms with E-state index in [2.05, 4.69) is 4.90 Å². The number of nitrogens with zero attached hydrogens (tertiary/aromatic N) is 2. The summed E-state index contributed by atoms with van der Waals surface area (Å²) in [7, 11) is 0. The average Bonchev–Trinajstić information content (AvgIpc) is 2.90. The Morgan fingerprint density at radius 1 is 1.07 bits per heavy atom. The quantitative estimate of drug-likeness (QED) is 0.730. The van der Waals surface area contributed by atoms with Crippen LogP contribution in [0.1, 0.15) is 22.3 Å². The summed E-state index contributed by atoms with van der Waals surface area (Å²) in [6, 6.07) is 13.0. The first-order chi connectivity index (χ1) is 13.0. The zero-order valence-corrected chi connectivity index (χ0v) is 17.0. The molecule has 0 spiro atoms. The average molecular weight is 407 g/mol. The standard InChI is InChI=1S/C21H24Cl2N2O2/c1-16-4-2-5-17(14-16)21(26)25-9-3-8-24(10-11-25)12-13-27-20-15-18(22)6-7-19(20)23/h2,4-7,14-15H,3,8-13H2,1H3. The third kappa shape index (κ3) is 5.61.